The second-order valence-corrected chi connectivity index (χ2v) is 4.96. The molecule has 3 amide bonds. The molecule has 21 heavy (non-hydrogen) atoms. The molecule has 1 aliphatic rings. The minimum atomic E-state index is -0.482. The largest absolute Gasteiger partial charge is 0.333 e. The molecule has 0 saturated carbocycles. The van der Waals surface area contributed by atoms with Crippen LogP contribution in [-0.4, -0.2) is 11.9 Å². The summed E-state index contributed by atoms with van der Waals surface area (Å²) < 4.78 is 0. The quantitative estimate of drug-likeness (QED) is 0.682. The van der Waals surface area contributed by atoms with Crippen molar-refractivity contribution in [1.29, 1.82) is 0 Å². The van der Waals surface area contributed by atoms with E-state index in [0.717, 1.165) is 10.5 Å². The fourth-order valence-electron chi connectivity index (χ4n) is 2.10. The summed E-state index contributed by atoms with van der Waals surface area (Å²) >= 11 is 5.90. The maximum Gasteiger partial charge on any atom is 0.333 e. The average molecular weight is 299 g/mol. The number of urea groups is 1. The molecule has 5 heteroatoms. The Balaban J connectivity index is 1.94. The summed E-state index contributed by atoms with van der Waals surface area (Å²) in [6.45, 7) is 0. The molecule has 2 aromatic rings. The van der Waals surface area contributed by atoms with E-state index in [2.05, 4.69) is 5.32 Å². The molecule has 0 unspecified atom stereocenters. The molecule has 2 aromatic carbocycles. The number of anilines is 1. The highest BCUT2D eigenvalue weighted by molar-refractivity contribution is 6.32. The number of nitrogens with zero attached hydrogens (tertiary/aromatic N) is 1. The van der Waals surface area contributed by atoms with Gasteiger partial charge in [-0.25, -0.2) is 9.69 Å². The molecular formula is C16H11ClN2O2. The highest BCUT2D eigenvalue weighted by Crippen LogP contribution is 2.24. The van der Waals surface area contributed by atoms with Crippen molar-refractivity contribution in [2.75, 3.05) is 4.90 Å². The lowest BCUT2D eigenvalue weighted by Gasteiger charge is -2.11. The lowest BCUT2D eigenvalue weighted by molar-refractivity contribution is -0.113. The minimum absolute atomic E-state index is 0.242. The van der Waals surface area contributed by atoms with Gasteiger partial charge < -0.3 is 5.32 Å². The monoisotopic (exact) mass is 298 g/mol. The van der Waals surface area contributed by atoms with E-state index in [9.17, 15) is 9.59 Å². The summed E-state index contributed by atoms with van der Waals surface area (Å²) in [7, 11) is 0. The highest BCUT2D eigenvalue weighted by atomic mass is 35.5. The molecule has 1 saturated heterocycles. The molecule has 3 rings (SSSR count). The van der Waals surface area contributed by atoms with E-state index < -0.39 is 11.9 Å². The Morgan fingerprint density at radius 3 is 2.48 bits per heavy atom. The lowest BCUT2D eigenvalue weighted by Crippen LogP contribution is -2.30. The predicted molar refractivity (Wildman–Crippen MR) is 81.9 cm³/mol. The van der Waals surface area contributed by atoms with Crippen LogP contribution in [-0.2, 0) is 4.79 Å². The molecule has 1 fully saturated rings. The summed E-state index contributed by atoms with van der Waals surface area (Å²) in [5.41, 5.74) is 1.53. The molecule has 0 radical (unpaired) electrons. The zero-order valence-electron chi connectivity index (χ0n) is 10.9. The van der Waals surface area contributed by atoms with Crippen molar-refractivity contribution in [3.63, 3.8) is 0 Å². The lowest BCUT2D eigenvalue weighted by atomic mass is 10.2. The van der Waals surface area contributed by atoms with Crippen LogP contribution >= 0.6 is 11.6 Å². The van der Waals surface area contributed by atoms with Gasteiger partial charge in [0.15, 0.2) is 0 Å². The Labute approximate surface area is 126 Å². The summed E-state index contributed by atoms with van der Waals surface area (Å²) in [4.78, 5) is 25.4. The third-order valence-electron chi connectivity index (χ3n) is 3.06. The smallest absolute Gasteiger partial charge is 0.302 e. The van der Waals surface area contributed by atoms with Crippen LogP contribution < -0.4 is 10.2 Å². The van der Waals surface area contributed by atoms with E-state index in [1.54, 1.807) is 30.3 Å². The van der Waals surface area contributed by atoms with Crippen molar-refractivity contribution >= 4 is 35.3 Å². The highest BCUT2D eigenvalue weighted by Gasteiger charge is 2.34. The van der Waals surface area contributed by atoms with Crippen molar-refractivity contribution < 1.29 is 9.59 Å². The number of benzene rings is 2. The Bertz CT molecular complexity index is 741. The van der Waals surface area contributed by atoms with Crippen molar-refractivity contribution in [2.24, 2.45) is 0 Å². The second kappa shape index (κ2) is 5.42. The molecule has 1 heterocycles. The molecule has 0 atom stereocenters. The summed E-state index contributed by atoms with van der Waals surface area (Å²) in [5.74, 6) is -0.397. The topological polar surface area (TPSA) is 49.4 Å². The minimum Gasteiger partial charge on any atom is -0.302 e. The van der Waals surface area contributed by atoms with Gasteiger partial charge in [-0.3, -0.25) is 4.79 Å². The molecule has 0 spiro atoms. The van der Waals surface area contributed by atoms with E-state index in [1.807, 2.05) is 30.3 Å². The van der Waals surface area contributed by atoms with Gasteiger partial charge in [-0.15, -0.1) is 0 Å². The zero-order valence-corrected chi connectivity index (χ0v) is 11.7. The molecule has 1 N–H and O–H groups in total. The third-order valence-corrected chi connectivity index (χ3v) is 3.29. The number of rotatable bonds is 2. The van der Waals surface area contributed by atoms with Gasteiger partial charge >= 0.3 is 6.03 Å². The van der Waals surface area contributed by atoms with E-state index >= 15 is 0 Å². The van der Waals surface area contributed by atoms with E-state index in [0.29, 0.717) is 10.7 Å². The molecule has 104 valence electrons. The van der Waals surface area contributed by atoms with E-state index in [-0.39, 0.29) is 5.70 Å². The Morgan fingerprint density at radius 2 is 1.76 bits per heavy atom. The van der Waals surface area contributed by atoms with Gasteiger partial charge in [0, 0.05) is 5.02 Å². The van der Waals surface area contributed by atoms with E-state index in [4.69, 9.17) is 11.6 Å². The number of halogens is 1. The first-order valence-corrected chi connectivity index (χ1v) is 6.71. The van der Waals surface area contributed by atoms with Crippen LogP contribution in [0.2, 0.25) is 5.02 Å². The van der Waals surface area contributed by atoms with Crippen LogP contribution in [0.5, 0.6) is 0 Å². The number of imide groups is 1. The average Bonchev–Trinajstić information content (AvgIpc) is 2.74. The second-order valence-electron chi connectivity index (χ2n) is 4.52. The van der Waals surface area contributed by atoms with Gasteiger partial charge in [0.25, 0.3) is 5.91 Å². The Hall–Kier alpha value is -2.59. The van der Waals surface area contributed by atoms with Gasteiger partial charge in [0.05, 0.1) is 5.69 Å². The Kier molecular flexibility index (Phi) is 3.46. The molecular weight excluding hydrogens is 288 g/mol. The van der Waals surface area contributed by atoms with Crippen molar-refractivity contribution in [2.45, 2.75) is 0 Å². The van der Waals surface area contributed by atoms with Crippen LogP contribution in [0.3, 0.4) is 0 Å². The zero-order chi connectivity index (χ0) is 14.8. The van der Waals surface area contributed by atoms with Crippen molar-refractivity contribution in [3.05, 3.63) is 70.9 Å². The third kappa shape index (κ3) is 2.66. The normalized spacial score (nSPS) is 16.4. The van der Waals surface area contributed by atoms with Crippen LogP contribution in [0.25, 0.3) is 6.08 Å². The summed E-state index contributed by atoms with van der Waals surface area (Å²) in [6, 6.07) is 15.5. The van der Waals surface area contributed by atoms with Crippen LogP contribution in [0.4, 0.5) is 10.5 Å². The summed E-state index contributed by atoms with van der Waals surface area (Å²) in [6.07, 6.45) is 1.64. The van der Waals surface area contributed by atoms with Crippen LogP contribution in [0.1, 0.15) is 5.56 Å². The molecule has 4 nitrogen and oxygen atoms in total. The van der Waals surface area contributed by atoms with Crippen LogP contribution in [0.15, 0.2) is 60.3 Å². The van der Waals surface area contributed by atoms with Crippen molar-refractivity contribution in [1.82, 2.24) is 5.32 Å². The first-order chi connectivity index (χ1) is 10.1. The number of hydrogen-bond donors (Lipinski definition) is 1. The SMILES string of the molecule is O=C1N/C(=C/c2ccccc2)C(=O)N1c1cccc(Cl)c1. The number of amides is 3. The fraction of sp³-hybridized carbons (Fsp3) is 0. The predicted octanol–water partition coefficient (Wildman–Crippen LogP) is 3.44. The van der Waals surface area contributed by atoms with Gasteiger partial charge in [-0.05, 0) is 29.8 Å². The number of hydrogen-bond acceptors (Lipinski definition) is 2. The van der Waals surface area contributed by atoms with Gasteiger partial charge in [-0.2, -0.15) is 0 Å². The summed E-state index contributed by atoms with van der Waals surface area (Å²) in [5, 5.41) is 3.04. The van der Waals surface area contributed by atoms with Gasteiger partial charge in [0.2, 0.25) is 0 Å². The standard InChI is InChI=1S/C16H11ClN2O2/c17-12-7-4-8-13(10-12)19-15(20)14(18-16(19)21)9-11-5-2-1-3-6-11/h1-10H,(H,18,21)/b14-9+. The van der Waals surface area contributed by atoms with Gasteiger partial charge in [0.1, 0.15) is 5.70 Å². The number of carbonyl (C=O) groups excluding carboxylic acids is 2. The number of carbonyl (C=O) groups is 2. The van der Waals surface area contributed by atoms with Crippen LogP contribution in [0, 0.1) is 0 Å². The van der Waals surface area contributed by atoms with Gasteiger partial charge in [-0.1, -0.05) is 48.0 Å². The first-order valence-electron chi connectivity index (χ1n) is 6.33. The van der Waals surface area contributed by atoms with E-state index in [1.165, 1.54) is 0 Å². The fourth-order valence-corrected chi connectivity index (χ4v) is 2.29. The molecule has 0 aromatic heterocycles. The van der Waals surface area contributed by atoms with Crippen molar-refractivity contribution in [3.8, 4) is 0 Å². The molecule has 0 aliphatic carbocycles. The maximum atomic E-state index is 12.4. The Morgan fingerprint density at radius 1 is 1.00 bits per heavy atom. The molecule has 0 bridgehead atoms. The number of nitrogens with one attached hydrogen (secondary N) is 1. The maximum absolute atomic E-state index is 12.4. The first kappa shape index (κ1) is 13.4. The molecule has 1 aliphatic heterocycles.